The summed E-state index contributed by atoms with van der Waals surface area (Å²) in [6.45, 7) is 6.59. The average molecular weight is 396 g/mol. The van der Waals surface area contributed by atoms with Gasteiger partial charge in [0.25, 0.3) is 0 Å². The Balaban J connectivity index is 0.000000445. The van der Waals surface area contributed by atoms with Gasteiger partial charge >= 0.3 is 12.1 Å². The van der Waals surface area contributed by atoms with Gasteiger partial charge in [-0.25, -0.2) is 4.79 Å². The van der Waals surface area contributed by atoms with Crippen LogP contribution in [0.5, 0.6) is 0 Å². The molecule has 0 aromatic rings. The summed E-state index contributed by atoms with van der Waals surface area (Å²) in [5, 5.41) is 10.5. The van der Waals surface area contributed by atoms with Gasteiger partial charge in [-0.2, -0.15) is 13.2 Å². The van der Waals surface area contributed by atoms with Crippen LogP contribution in [-0.2, 0) is 14.4 Å². The van der Waals surface area contributed by atoms with Gasteiger partial charge < -0.3 is 25.1 Å². The number of rotatable bonds is 4. The maximum Gasteiger partial charge on any atom is 0.490 e. The highest BCUT2D eigenvalue weighted by Gasteiger charge is 2.38. The van der Waals surface area contributed by atoms with E-state index in [1.165, 1.54) is 0 Å². The fourth-order valence-corrected chi connectivity index (χ4v) is 2.87. The first-order valence-electron chi connectivity index (χ1n) is 8.66. The number of likely N-dealkylation sites (tertiary alicyclic amines) is 1. The number of likely N-dealkylation sites (N-methyl/N-ethyl adjacent to an activating group) is 1. The Morgan fingerprint density at radius 3 is 2.37 bits per heavy atom. The smallest absolute Gasteiger partial charge is 0.475 e. The first kappa shape index (κ1) is 23.2. The molecule has 2 aliphatic heterocycles. The molecule has 2 heterocycles. The molecular weight excluding hydrogens is 369 g/mol. The van der Waals surface area contributed by atoms with Gasteiger partial charge in [-0.1, -0.05) is 0 Å². The molecule has 156 valence electrons. The van der Waals surface area contributed by atoms with Gasteiger partial charge in [0.1, 0.15) is 0 Å². The van der Waals surface area contributed by atoms with E-state index in [9.17, 15) is 22.8 Å². The van der Waals surface area contributed by atoms with Crippen LogP contribution in [0.2, 0.25) is 0 Å². The van der Waals surface area contributed by atoms with Crippen molar-refractivity contribution in [1.82, 2.24) is 20.0 Å². The number of alkyl halides is 3. The Bertz CT molecular complexity index is 542. The average Bonchev–Trinajstić information content (AvgIpc) is 2.93. The minimum atomic E-state index is -5.08. The first-order valence-corrected chi connectivity index (χ1v) is 8.66. The quantitative estimate of drug-likeness (QED) is 0.687. The largest absolute Gasteiger partial charge is 0.490 e. The fourth-order valence-electron chi connectivity index (χ4n) is 2.87. The summed E-state index contributed by atoms with van der Waals surface area (Å²) >= 11 is 0. The Hall–Kier alpha value is -1.88. The molecule has 2 rings (SSSR count). The van der Waals surface area contributed by atoms with Crippen LogP contribution in [0.15, 0.2) is 0 Å². The zero-order chi connectivity index (χ0) is 20.8. The molecule has 0 aliphatic carbocycles. The predicted octanol–water partition coefficient (Wildman–Crippen LogP) is -0.150. The second kappa shape index (κ2) is 9.88. The molecule has 2 fully saturated rings. The van der Waals surface area contributed by atoms with Crippen molar-refractivity contribution < 1.29 is 32.7 Å². The van der Waals surface area contributed by atoms with E-state index in [4.69, 9.17) is 9.90 Å². The molecule has 0 spiro atoms. The summed E-state index contributed by atoms with van der Waals surface area (Å²) in [7, 11) is 3.98. The van der Waals surface area contributed by atoms with Crippen molar-refractivity contribution in [2.75, 3.05) is 53.4 Å². The second-order valence-corrected chi connectivity index (χ2v) is 6.99. The maximum absolute atomic E-state index is 12.5. The summed E-state index contributed by atoms with van der Waals surface area (Å²) in [5.41, 5.74) is 0. The Kier molecular flexibility index (Phi) is 8.48. The third-order valence-corrected chi connectivity index (χ3v) is 4.30. The van der Waals surface area contributed by atoms with E-state index in [2.05, 4.69) is 17.1 Å². The molecule has 2 unspecified atom stereocenters. The van der Waals surface area contributed by atoms with E-state index in [1.54, 1.807) is 0 Å². The van der Waals surface area contributed by atoms with Gasteiger partial charge in [0, 0.05) is 51.7 Å². The highest BCUT2D eigenvalue weighted by molar-refractivity contribution is 5.89. The molecule has 2 amide bonds. The number of hydrogen-bond donors (Lipinski definition) is 2. The van der Waals surface area contributed by atoms with Crippen LogP contribution >= 0.6 is 0 Å². The highest BCUT2D eigenvalue weighted by Crippen LogP contribution is 2.20. The van der Waals surface area contributed by atoms with E-state index < -0.39 is 12.1 Å². The number of carbonyl (C=O) groups excluding carboxylic acids is 2. The summed E-state index contributed by atoms with van der Waals surface area (Å²) in [4.78, 5) is 39.1. The molecule has 2 saturated heterocycles. The number of amides is 2. The number of piperazine rings is 1. The molecule has 8 nitrogen and oxygen atoms in total. The van der Waals surface area contributed by atoms with Crippen LogP contribution in [0.25, 0.3) is 0 Å². The SMILES string of the molecule is CC1CN(C(=O)C2CC(=O)N(CCN(C)C)C2)CCN1.O=C(O)C(F)(F)F. The lowest BCUT2D eigenvalue weighted by Gasteiger charge is -2.33. The zero-order valence-corrected chi connectivity index (χ0v) is 15.8. The monoisotopic (exact) mass is 396 g/mol. The van der Waals surface area contributed by atoms with Crippen LogP contribution in [0.4, 0.5) is 13.2 Å². The molecule has 2 N–H and O–H groups in total. The first-order chi connectivity index (χ1) is 12.4. The van der Waals surface area contributed by atoms with Gasteiger partial charge in [-0.3, -0.25) is 9.59 Å². The molecule has 2 atom stereocenters. The van der Waals surface area contributed by atoms with E-state index >= 15 is 0 Å². The lowest BCUT2D eigenvalue weighted by atomic mass is 10.1. The van der Waals surface area contributed by atoms with Gasteiger partial charge in [-0.15, -0.1) is 0 Å². The molecular formula is C16H27F3N4O4. The summed E-state index contributed by atoms with van der Waals surface area (Å²) < 4.78 is 31.7. The van der Waals surface area contributed by atoms with E-state index in [0.717, 1.165) is 26.2 Å². The number of halogens is 3. The predicted molar refractivity (Wildman–Crippen MR) is 91.0 cm³/mol. The van der Waals surface area contributed by atoms with E-state index in [1.807, 2.05) is 23.9 Å². The number of carbonyl (C=O) groups is 3. The second-order valence-electron chi connectivity index (χ2n) is 6.99. The van der Waals surface area contributed by atoms with Crippen molar-refractivity contribution in [1.29, 1.82) is 0 Å². The molecule has 27 heavy (non-hydrogen) atoms. The standard InChI is InChI=1S/C14H26N4O2.C2HF3O2/c1-11-9-18(5-4-15-11)14(20)12-8-13(19)17(10-12)7-6-16(2)3;3-2(4,5)1(6)7/h11-12,15H,4-10H2,1-3H3;(H,6,7). The van der Waals surface area contributed by atoms with Crippen LogP contribution in [-0.4, -0.2) is 103 Å². The molecule has 0 aromatic heterocycles. The third-order valence-electron chi connectivity index (χ3n) is 4.30. The van der Waals surface area contributed by atoms with Gasteiger partial charge in [0.05, 0.1) is 5.92 Å². The van der Waals surface area contributed by atoms with Crippen molar-refractivity contribution >= 4 is 17.8 Å². The van der Waals surface area contributed by atoms with Crippen molar-refractivity contribution in [2.24, 2.45) is 5.92 Å². The Labute approximate surface area is 156 Å². The van der Waals surface area contributed by atoms with E-state index in [-0.39, 0.29) is 17.7 Å². The molecule has 11 heteroatoms. The third kappa shape index (κ3) is 7.71. The molecule has 0 saturated carbocycles. The van der Waals surface area contributed by atoms with E-state index in [0.29, 0.717) is 25.6 Å². The number of nitrogens with zero attached hydrogens (tertiary/aromatic N) is 3. The molecule has 2 aliphatic rings. The molecule has 0 radical (unpaired) electrons. The number of carboxylic acid groups (broad SMARTS) is 1. The Morgan fingerprint density at radius 1 is 1.30 bits per heavy atom. The summed E-state index contributed by atoms with van der Waals surface area (Å²) in [6.07, 6.45) is -4.70. The maximum atomic E-state index is 12.5. The Morgan fingerprint density at radius 2 is 1.89 bits per heavy atom. The van der Waals surface area contributed by atoms with Crippen LogP contribution < -0.4 is 5.32 Å². The van der Waals surface area contributed by atoms with Gasteiger partial charge in [0.15, 0.2) is 0 Å². The minimum absolute atomic E-state index is 0.119. The van der Waals surface area contributed by atoms with Crippen LogP contribution in [0.1, 0.15) is 13.3 Å². The lowest BCUT2D eigenvalue weighted by molar-refractivity contribution is -0.192. The highest BCUT2D eigenvalue weighted by atomic mass is 19.4. The van der Waals surface area contributed by atoms with Crippen molar-refractivity contribution in [2.45, 2.75) is 25.6 Å². The van der Waals surface area contributed by atoms with Crippen molar-refractivity contribution in [3.8, 4) is 0 Å². The molecule has 0 bridgehead atoms. The topological polar surface area (TPSA) is 93.2 Å². The van der Waals surface area contributed by atoms with Crippen LogP contribution in [0, 0.1) is 5.92 Å². The van der Waals surface area contributed by atoms with Gasteiger partial charge in [0.2, 0.25) is 11.8 Å². The number of nitrogens with one attached hydrogen (secondary N) is 1. The van der Waals surface area contributed by atoms with Crippen molar-refractivity contribution in [3.63, 3.8) is 0 Å². The fraction of sp³-hybridized carbons (Fsp3) is 0.812. The summed E-state index contributed by atoms with van der Waals surface area (Å²) in [5.74, 6) is -2.63. The summed E-state index contributed by atoms with van der Waals surface area (Å²) in [6, 6.07) is 0.342. The number of aliphatic carboxylic acids is 1. The lowest BCUT2D eigenvalue weighted by Crippen LogP contribution is -2.53. The number of hydrogen-bond acceptors (Lipinski definition) is 5. The van der Waals surface area contributed by atoms with Gasteiger partial charge in [-0.05, 0) is 21.0 Å². The number of carboxylic acids is 1. The van der Waals surface area contributed by atoms with Crippen LogP contribution in [0.3, 0.4) is 0 Å². The minimum Gasteiger partial charge on any atom is -0.475 e. The molecule has 0 aromatic carbocycles. The normalized spacial score (nSPS) is 23.3. The van der Waals surface area contributed by atoms with Crippen molar-refractivity contribution in [3.05, 3.63) is 0 Å². The zero-order valence-electron chi connectivity index (χ0n) is 15.8.